The van der Waals surface area contributed by atoms with Gasteiger partial charge in [0, 0.05) is 11.3 Å². The van der Waals surface area contributed by atoms with Crippen LogP contribution < -0.4 is 10.5 Å². The van der Waals surface area contributed by atoms with Crippen LogP contribution in [0.1, 0.15) is 24.8 Å². The van der Waals surface area contributed by atoms with Gasteiger partial charge in [-0.2, -0.15) is 11.8 Å². The second-order valence-electron chi connectivity index (χ2n) is 5.25. The first-order valence-corrected chi connectivity index (χ1v) is 9.56. The summed E-state index contributed by atoms with van der Waals surface area (Å²) in [6.07, 6.45) is 6.19. The molecule has 1 aromatic carbocycles. The van der Waals surface area contributed by atoms with Crippen molar-refractivity contribution in [1.29, 1.82) is 0 Å². The highest BCUT2D eigenvalue weighted by atomic mass is 32.2. The molecule has 0 bridgehead atoms. The van der Waals surface area contributed by atoms with Crippen LogP contribution in [0.15, 0.2) is 29.2 Å². The van der Waals surface area contributed by atoms with Crippen LogP contribution in [0.3, 0.4) is 0 Å². The third-order valence-corrected chi connectivity index (χ3v) is 6.78. The van der Waals surface area contributed by atoms with Crippen molar-refractivity contribution in [3.63, 3.8) is 0 Å². The van der Waals surface area contributed by atoms with E-state index in [-0.39, 0.29) is 4.75 Å². The van der Waals surface area contributed by atoms with E-state index in [9.17, 15) is 8.42 Å². The van der Waals surface area contributed by atoms with Gasteiger partial charge < -0.3 is 5.73 Å². The van der Waals surface area contributed by atoms with E-state index < -0.39 is 10.0 Å². The number of benzene rings is 1. The summed E-state index contributed by atoms with van der Waals surface area (Å²) in [6.45, 7) is 1.08. The van der Waals surface area contributed by atoms with Crippen LogP contribution >= 0.6 is 11.8 Å². The van der Waals surface area contributed by atoms with Crippen molar-refractivity contribution in [2.24, 2.45) is 5.73 Å². The fourth-order valence-electron chi connectivity index (χ4n) is 2.34. The maximum Gasteiger partial charge on any atom is 0.240 e. The molecule has 0 aromatic heterocycles. The molecule has 2 rings (SSSR count). The zero-order chi connectivity index (χ0) is 14.6. The molecule has 0 heterocycles. The number of nitrogens with two attached hydrogens (primary N) is 1. The number of hydrogen-bond acceptors (Lipinski definition) is 4. The van der Waals surface area contributed by atoms with Crippen LogP contribution in [0.2, 0.25) is 0 Å². The minimum absolute atomic E-state index is 0.104. The molecule has 0 atom stereocenters. The van der Waals surface area contributed by atoms with Gasteiger partial charge in [0.2, 0.25) is 10.0 Å². The summed E-state index contributed by atoms with van der Waals surface area (Å²) in [4.78, 5) is 0.328. The molecule has 0 radical (unpaired) electrons. The molecule has 20 heavy (non-hydrogen) atoms. The van der Waals surface area contributed by atoms with E-state index in [2.05, 4.69) is 11.0 Å². The maximum atomic E-state index is 12.3. The Labute approximate surface area is 125 Å². The molecule has 6 heteroatoms. The second-order valence-corrected chi connectivity index (χ2v) is 8.29. The summed E-state index contributed by atoms with van der Waals surface area (Å²) in [5.41, 5.74) is 6.55. The Morgan fingerprint density at radius 1 is 1.30 bits per heavy atom. The van der Waals surface area contributed by atoms with Gasteiger partial charge in [0.15, 0.2) is 0 Å². The lowest BCUT2D eigenvalue weighted by Gasteiger charge is -2.40. The largest absolute Gasteiger partial charge is 0.330 e. The van der Waals surface area contributed by atoms with E-state index in [0.717, 1.165) is 24.8 Å². The van der Waals surface area contributed by atoms with Crippen molar-refractivity contribution in [1.82, 2.24) is 4.72 Å². The molecule has 1 aromatic rings. The number of thioether (sulfide) groups is 1. The quantitative estimate of drug-likeness (QED) is 0.804. The fraction of sp³-hybridized carbons (Fsp3) is 0.571. The van der Waals surface area contributed by atoms with Crippen molar-refractivity contribution in [3.8, 4) is 0 Å². The van der Waals surface area contributed by atoms with E-state index >= 15 is 0 Å². The van der Waals surface area contributed by atoms with E-state index in [4.69, 9.17) is 5.73 Å². The average Bonchev–Trinajstić information content (AvgIpc) is 2.39. The molecular formula is C14H22N2O2S2. The molecule has 1 fully saturated rings. The summed E-state index contributed by atoms with van der Waals surface area (Å²) < 4.78 is 27.4. The molecule has 1 saturated carbocycles. The lowest BCUT2D eigenvalue weighted by Crippen LogP contribution is -2.45. The van der Waals surface area contributed by atoms with Crippen LogP contribution in [0.5, 0.6) is 0 Å². The number of rotatable bonds is 7. The van der Waals surface area contributed by atoms with Crippen molar-refractivity contribution < 1.29 is 8.42 Å². The average molecular weight is 314 g/mol. The molecule has 1 aliphatic rings. The molecule has 4 nitrogen and oxygen atoms in total. The Balaban J connectivity index is 2.02. The van der Waals surface area contributed by atoms with Gasteiger partial charge in [-0.15, -0.1) is 0 Å². The first-order chi connectivity index (χ1) is 9.51. The highest BCUT2D eigenvalue weighted by Crippen LogP contribution is 2.42. The Morgan fingerprint density at radius 2 is 1.95 bits per heavy atom. The minimum atomic E-state index is -3.41. The summed E-state index contributed by atoms with van der Waals surface area (Å²) >= 11 is 1.76. The predicted molar refractivity (Wildman–Crippen MR) is 84.5 cm³/mol. The molecule has 0 amide bonds. The van der Waals surface area contributed by atoms with Gasteiger partial charge in [-0.3, -0.25) is 0 Å². The molecular weight excluding hydrogens is 292 g/mol. The van der Waals surface area contributed by atoms with Crippen molar-refractivity contribution in [3.05, 3.63) is 29.8 Å². The standard InChI is InChI=1S/C14H22N2O2S2/c1-19-14(8-2-9-14)11-16-20(17,18)13-5-3-12(4-6-13)7-10-15/h3-6,16H,2,7-11,15H2,1H3. The van der Waals surface area contributed by atoms with E-state index in [1.165, 1.54) is 6.42 Å². The van der Waals surface area contributed by atoms with Gasteiger partial charge in [0.05, 0.1) is 4.90 Å². The fourth-order valence-corrected chi connectivity index (χ4v) is 4.47. The van der Waals surface area contributed by atoms with Crippen molar-refractivity contribution >= 4 is 21.8 Å². The summed E-state index contributed by atoms with van der Waals surface area (Å²) in [5, 5.41) is 0. The molecule has 1 aliphatic carbocycles. The van der Waals surface area contributed by atoms with E-state index in [1.807, 2.05) is 12.1 Å². The normalized spacial score (nSPS) is 17.7. The molecule has 0 spiro atoms. The smallest absolute Gasteiger partial charge is 0.240 e. The van der Waals surface area contributed by atoms with Gasteiger partial charge in [0.25, 0.3) is 0 Å². The van der Waals surface area contributed by atoms with Crippen LogP contribution in [0.4, 0.5) is 0 Å². The number of sulfonamides is 1. The first-order valence-electron chi connectivity index (χ1n) is 6.85. The summed E-state index contributed by atoms with van der Waals surface area (Å²) in [7, 11) is -3.41. The summed E-state index contributed by atoms with van der Waals surface area (Å²) in [6, 6.07) is 6.96. The third-order valence-electron chi connectivity index (χ3n) is 3.95. The Kier molecular flexibility index (Phi) is 5.12. The SMILES string of the molecule is CSC1(CNS(=O)(=O)c2ccc(CCN)cc2)CCC1. The van der Waals surface area contributed by atoms with E-state index in [1.54, 1.807) is 23.9 Å². The number of nitrogens with one attached hydrogen (secondary N) is 1. The first kappa shape index (κ1) is 15.8. The van der Waals surface area contributed by atoms with Crippen LogP contribution in [-0.4, -0.2) is 32.5 Å². The van der Waals surface area contributed by atoms with Crippen LogP contribution in [-0.2, 0) is 16.4 Å². The van der Waals surface area contributed by atoms with Gasteiger partial charge in [-0.05, 0) is 49.8 Å². The summed E-state index contributed by atoms with van der Waals surface area (Å²) in [5.74, 6) is 0. The minimum Gasteiger partial charge on any atom is -0.330 e. The topological polar surface area (TPSA) is 72.2 Å². The predicted octanol–water partition coefficient (Wildman–Crippen LogP) is 1.75. The molecule has 3 N–H and O–H groups in total. The number of hydrogen-bond donors (Lipinski definition) is 2. The Morgan fingerprint density at radius 3 is 2.40 bits per heavy atom. The highest BCUT2D eigenvalue weighted by Gasteiger charge is 2.37. The van der Waals surface area contributed by atoms with Crippen molar-refractivity contribution in [2.45, 2.75) is 35.3 Å². The van der Waals surface area contributed by atoms with Crippen molar-refractivity contribution in [2.75, 3.05) is 19.3 Å². The maximum absolute atomic E-state index is 12.3. The van der Waals surface area contributed by atoms with Crippen LogP contribution in [0.25, 0.3) is 0 Å². The lowest BCUT2D eigenvalue weighted by molar-refractivity contribution is 0.362. The molecule has 0 aliphatic heterocycles. The molecule has 0 unspecified atom stereocenters. The van der Waals surface area contributed by atoms with Gasteiger partial charge in [0.1, 0.15) is 0 Å². The Hall–Kier alpha value is -0.560. The second kappa shape index (κ2) is 6.47. The van der Waals surface area contributed by atoms with Gasteiger partial charge in [-0.1, -0.05) is 18.6 Å². The van der Waals surface area contributed by atoms with Gasteiger partial charge >= 0.3 is 0 Å². The molecule has 112 valence electrons. The lowest BCUT2D eigenvalue weighted by atomic mass is 9.84. The monoisotopic (exact) mass is 314 g/mol. The van der Waals surface area contributed by atoms with Gasteiger partial charge in [-0.25, -0.2) is 13.1 Å². The zero-order valence-electron chi connectivity index (χ0n) is 11.8. The zero-order valence-corrected chi connectivity index (χ0v) is 13.4. The Bertz CT molecular complexity index is 531. The molecule has 0 saturated heterocycles. The van der Waals surface area contributed by atoms with E-state index in [0.29, 0.717) is 18.0 Å². The highest BCUT2D eigenvalue weighted by molar-refractivity contribution is 8.00. The third kappa shape index (κ3) is 3.55. The van der Waals surface area contributed by atoms with Crippen LogP contribution in [0, 0.1) is 0 Å².